The molecule has 4 nitrogen and oxygen atoms in total. The Bertz CT molecular complexity index is 599. The van der Waals surface area contributed by atoms with Gasteiger partial charge in [0, 0.05) is 36.4 Å². The molecule has 2 N–H and O–H groups in total. The molecule has 0 amide bonds. The fourth-order valence-corrected chi connectivity index (χ4v) is 2.87. The lowest BCUT2D eigenvalue weighted by Crippen LogP contribution is -2.44. The maximum Gasteiger partial charge on any atom is 0.0767 e. The van der Waals surface area contributed by atoms with Crippen molar-refractivity contribution in [3.63, 3.8) is 0 Å². The lowest BCUT2D eigenvalue weighted by molar-refractivity contribution is -0.0125. The standard InChI is InChI=1S/C16H21N3O/c1-2-13-11-20-9-8-19(13)10-12-5-6-15(17)14-4-3-7-18-16(12)14/h3-7,13H,2,8-11,17H2,1H3. The van der Waals surface area contributed by atoms with Crippen molar-refractivity contribution in [1.29, 1.82) is 0 Å². The molecule has 1 aromatic carbocycles. The van der Waals surface area contributed by atoms with E-state index < -0.39 is 0 Å². The lowest BCUT2D eigenvalue weighted by Gasteiger charge is -2.35. The molecule has 1 unspecified atom stereocenters. The summed E-state index contributed by atoms with van der Waals surface area (Å²) in [6.45, 7) is 5.76. The molecule has 2 heterocycles. The molecular formula is C16H21N3O. The quantitative estimate of drug-likeness (QED) is 0.871. The first-order valence-electron chi connectivity index (χ1n) is 7.23. The van der Waals surface area contributed by atoms with Gasteiger partial charge in [-0.3, -0.25) is 9.88 Å². The predicted octanol–water partition coefficient (Wildman–Crippen LogP) is 2.43. The minimum atomic E-state index is 0.500. The Labute approximate surface area is 119 Å². The van der Waals surface area contributed by atoms with Gasteiger partial charge in [-0.25, -0.2) is 0 Å². The summed E-state index contributed by atoms with van der Waals surface area (Å²) in [5, 5.41) is 1.05. The molecule has 2 aromatic rings. The highest BCUT2D eigenvalue weighted by Crippen LogP contribution is 2.25. The van der Waals surface area contributed by atoms with Crippen molar-refractivity contribution in [2.24, 2.45) is 0 Å². The summed E-state index contributed by atoms with van der Waals surface area (Å²) < 4.78 is 5.57. The third-order valence-electron chi connectivity index (χ3n) is 4.08. The van der Waals surface area contributed by atoms with E-state index in [0.29, 0.717) is 6.04 Å². The van der Waals surface area contributed by atoms with Gasteiger partial charge >= 0.3 is 0 Å². The van der Waals surface area contributed by atoms with E-state index in [4.69, 9.17) is 10.5 Å². The third-order valence-corrected chi connectivity index (χ3v) is 4.08. The molecule has 0 aliphatic carbocycles. The Morgan fingerprint density at radius 2 is 2.30 bits per heavy atom. The summed E-state index contributed by atoms with van der Waals surface area (Å²) in [4.78, 5) is 7.01. The van der Waals surface area contributed by atoms with Gasteiger partial charge in [-0.05, 0) is 30.2 Å². The summed E-state index contributed by atoms with van der Waals surface area (Å²) in [7, 11) is 0. The summed E-state index contributed by atoms with van der Waals surface area (Å²) in [6.07, 6.45) is 2.95. The summed E-state index contributed by atoms with van der Waals surface area (Å²) >= 11 is 0. The van der Waals surface area contributed by atoms with Crippen molar-refractivity contribution in [2.75, 3.05) is 25.5 Å². The van der Waals surface area contributed by atoms with Crippen LogP contribution >= 0.6 is 0 Å². The SMILES string of the molecule is CCC1COCCN1Cc1ccc(N)c2cccnc12. The zero-order chi connectivity index (χ0) is 13.9. The van der Waals surface area contributed by atoms with Crippen LogP contribution in [0, 0.1) is 0 Å². The van der Waals surface area contributed by atoms with E-state index in [1.807, 2.05) is 24.4 Å². The van der Waals surface area contributed by atoms with Crippen LogP contribution in [0.15, 0.2) is 30.5 Å². The van der Waals surface area contributed by atoms with Gasteiger partial charge in [0.15, 0.2) is 0 Å². The number of nitrogen functional groups attached to an aromatic ring is 1. The number of aromatic nitrogens is 1. The van der Waals surface area contributed by atoms with E-state index in [1.165, 1.54) is 5.56 Å². The number of ether oxygens (including phenoxy) is 1. The van der Waals surface area contributed by atoms with Crippen molar-refractivity contribution in [1.82, 2.24) is 9.88 Å². The molecule has 1 atom stereocenters. The first-order chi connectivity index (χ1) is 9.79. The highest BCUT2D eigenvalue weighted by Gasteiger charge is 2.22. The first-order valence-corrected chi connectivity index (χ1v) is 7.23. The Hall–Kier alpha value is -1.65. The highest BCUT2D eigenvalue weighted by atomic mass is 16.5. The van der Waals surface area contributed by atoms with E-state index in [9.17, 15) is 0 Å². The van der Waals surface area contributed by atoms with Gasteiger partial charge in [0.2, 0.25) is 0 Å². The van der Waals surface area contributed by atoms with Crippen LogP contribution in [0.5, 0.6) is 0 Å². The Balaban J connectivity index is 1.92. The molecule has 4 heteroatoms. The van der Waals surface area contributed by atoms with E-state index >= 15 is 0 Å². The van der Waals surface area contributed by atoms with Crippen LogP contribution in [0.25, 0.3) is 10.9 Å². The average molecular weight is 271 g/mol. The summed E-state index contributed by atoms with van der Waals surface area (Å²) in [6, 6.07) is 8.57. The number of pyridine rings is 1. The van der Waals surface area contributed by atoms with Crippen LogP contribution in [-0.4, -0.2) is 35.7 Å². The molecule has 20 heavy (non-hydrogen) atoms. The van der Waals surface area contributed by atoms with Gasteiger partial charge in [-0.1, -0.05) is 13.0 Å². The number of rotatable bonds is 3. The summed E-state index contributed by atoms with van der Waals surface area (Å²) in [5.74, 6) is 0. The number of nitrogens with two attached hydrogens (primary N) is 1. The second kappa shape index (κ2) is 5.77. The van der Waals surface area contributed by atoms with Crippen molar-refractivity contribution in [3.05, 3.63) is 36.0 Å². The van der Waals surface area contributed by atoms with Crippen LogP contribution in [0.1, 0.15) is 18.9 Å². The number of benzene rings is 1. The molecule has 1 fully saturated rings. The number of nitrogens with zero attached hydrogens (tertiary/aromatic N) is 2. The fourth-order valence-electron chi connectivity index (χ4n) is 2.87. The smallest absolute Gasteiger partial charge is 0.0767 e. The zero-order valence-electron chi connectivity index (χ0n) is 11.9. The second-order valence-corrected chi connectivity index (χ2v) is 5.32. The maximum absolute atomic E-state index is 6.04. The maximum atomic E-state index is 6.04. The molecule has 0 saturated carbocycles. The van der Waals surface area contributed by atoms with Gasteiger partial charge in [0.25, 0.3) is 0 Å². The predicted molar refractivity (Wildman–Crippen MR) is 81.5 cm³/mol. The second-order valence-electron chi connectivity index (χ2n) is 5.32. The molecule has 0 bridgehead atoms. The molecule has 3 rings (SSSR count). The largest absolute Gasteiger partial charge is 0.398 e. The van der Waals surface area contributed by atoms with E-state index in [2.05, 4.69) is 22.9 Å². The molecule has 0 radical (unpaired) electrons. The molecule has 1 aliphatic rings. The molecule has 0 spiro atoms. The van der Waals surface area contributed by atoms with Gasteiger partial charge in [0.1, 0.15) is 0 Å². The van der Waals surface area contributed by atoms with Crippen LogP contribution < -0.4 is 5.73 Å². The van der Waals surface area contributed by atoms with Crippen molar-refractivity contribution < 1.29 is 4.74 Å². The van der Waals surface area contributed by atoms with Gasteiger partial charge in [-0.2, -0.15) is 0 Å². The number of hydrogen-bond acceptors (Lipinski definition) is 4. The zero-order valence-corrected chi connectivity index (χ0v) is 11.9. The van der Waals surface area contributed by atoms with Crippen LogP contribution in [0.2, 0.25) is 0 Å². The normalized spacial score (nSPS) is 20.4. The Morgan fingerprint density at radius 3 is 3.15 bits per heavy atom. The Morgan fingerprint density at radius 1 is 1.40 bits per heavy atom. The van der Waals surface area contributed by atoms with Crippen LogP contribution in [0.4, 0.5) is 5.69 Å². The number of anilines is 1. The molecule has 106 valence electrons. The highest BCUT2D eigenvalue weighted by molar-refractivity contribution is 5.92. The van der Waals surface area contributed by atoms with Crippen LogP contribution in [-0.2, 0) is 11.3 Å². The number of morpholine rings is 1. The van der Waals surface area contributed by atoms with Crippen molar-refractivity contribution in [3.8, 4) is 0 Å². The molecule has 1 saturated heterocycles. The van der Waals surface area contributed by atoms with Crippen molar-refractivity contribution in [2.45, 2.75) is 25.9 Å². The van der Waals surface area contributed by atoms with Gasteiger partial charge < -0.3 is 10.5 Å². The first kappa shape index (κ1) is 13.3. The van der Waals surface area contributed by atoms with Gasteiger partial charge in [0.05, 0.1) is 18.7 Å². The van der Waals surface area contributed by atoms with E-state index in [-0.39, 0.29) is 0 Å². The minimum Gasteiger partial charge on any atom is -0.398 e. The molecule has 1 aromatic heterocycles. The third kappa shape index (κ3) is 2.49. The molecular weight excluding hydrogens is 250 g/mol. The number of hydrogen-bond donors (Lipinski definition) is 1. The number of fused-ring (bicyclic) bond motifs is 1. The van der Waals surface area contributed by atoms with E-state index in [0.717, 1.165) is 49.3 Å². The van der Waals surface area contributed by atoms with Gasteiger partial charge in [-0.15, -0.1) is 0 Å². The lowest BCUT2D eigenvalue weighted by atomic mass is 10.1. The Kier molecular flexibility index (Phi) is 3.85. The molecule has 1 aliphatic heterocycles. The van der Waals surface area contributed by atoms with Crippen molar-refractivity contribution >= 4 is 16.6 Å². The topological polar surface area (TPSA) is 51.4 Å². The average Bonchev–Trinajstić information content (AvgIpc) is 2.51. The fraction of sp³-hybridized carbons (Fsp3) is 0.438. The minimum absolute atomic E-state index is 0.500. The summed E-state index contributed by atoms with van der Waals surface area (Å²) in [5.41, 5.74) is 9.10. The monoisotopic (exact) mass is 271 g/mol. The van der Waals surface area contributed by atoms with E-state index in [1.54, 1.807) is 0 Å². The van der Waals surface area contributed by atoms with Crippen LogP contribution in [0.3, 0.4) is 0 Å².